The van der Waals surface area contributed by atoms with E-state index in [4.69, 9.17) is 23.2 Å². The molecule has 2 heteroatoms. The Bertz CT molecular complexity index is 73.0. The van der Waals surface area contributed by atoms with Gasteiger partial charge in [-0.1, -0.05) is 12.8 Å². The molecule has 1 aliphatic rings. The maximum Gasteiger partial charge on any atom is 0.0531 e. The average molecular weight is 166 g/mol. The second-order valence-electron chi connectivity index (χ2n) is 2.48. The van der Waals surface area contributed by atoms with Crippen LogP contribution in [0.15, 0.2) is 0 Å². The van der Waals surface area contributed by atoms with Gasteiger partial charge < -0.3 is 0 Å². The lowest BCUT2D eigenvalue weighted by Crippen LogP contribution is -2.12. The van der Waals surface area contributed by atoms with E-state index in [1.54, 1.807) is 0 Å². The molecule has 0 amide bonds. The second kappa shape index (κ2) is 3.68. The van der Waals surface area contributed by atoms with Gasteiger partial charge in [-0.15, -0.1) is 23.2 Å². The molecular weight excluding hydrogens is 155 g/mol. The van der Waals surface area contributed by atoms with Crippen LogP contribution in [0.5, 0.6) is 0 Å². The van der Waals surface area contributed by atoms with Crippen molar-refractivity contribution in [2.24, 2.45) is 0 Å². The zero-order valence-corrected chi connectivity index (χ0v) is 6.83. The molecular formula is C7H11Cl2. The van der Waals surface area contributed by atoms with E-state index in [9.17, 15) is 0 Å². The monoisotopic (exact) mass is 165 g/mol. The molecule has 0 saturated heterocycles. The third kappa shape index (κ3) is 2.35. The van der Waals surface area contributed by atoms with Gasteiger partial charge in [0.05, 0.1) is 10.8 Å². The average Bonchev–Trinajstić information content (AvgIpc) is 1.99. The summed E-state index contributed by atoms with van der Waals surface area (Å²) in [5, 5.41) is 0.281. The Kier molecular flexibility index (Phi) is 3.14. The van der Waals surface area contributed by atoms with Crippen LogP contribution in [0.2, 0.25) is 0 Å². The fraction of sp³-hybridized carbons (Fsp3) is 0.857. The van der Waals surface area contributed by atoms with Gasteiger partial charge in [-0.25, -0.2) is 0 Å². The first kappa shape index (κ1) is 7.68. The molecule has 0 spiro atoms. The van der Waals surface area contributed by atoms with Crippen LogP contribution in [0, 0.1) is 6.42 Å². The molecule has 1 fully saturated rings. The van der Waals surface area contributed by atoms with E-state index in [0.717, 1.165) is 12.8 Å². The van der Waals surface area contributed by atoms with Crippen molar-refractivity contribution in [1.82, 2.24) is 0 Å². The topological polar surface area (TPSA) is 0 Å². The lowest BCUT2D eigenvalue weighted by atomic mass is 10.2. The van der Waals surface area contributed by atoms with Gasteiger partial charge in [0.1, 0.15) is 0 Å². The van der Waals surface area contributed by atoms with Crippen LogP contribution in [-0.4, -0.2) is 10.8 Å². The van der Waals surface area contributed by atoms with Crippen molar-refractivity contribution >= 4 is 23.2 Å². The quantitative estimate of drug-likeness (QED) is 0.383. The van der Waals surface area contributed by atoms with Gasteiger partial charge >= 0.3 is 0 Å². The Balaban J connectivity index is 2.32. The fourth-order valence-electron chi connectivity index (χ4n) is 1.07. The summed E-state index contributed by atoms with van der Waals surface area (Å²) in [5.41, 5.74) is 0. The zero-order valence-electron chi connectivity index (χ0n) is 5.32. The minimum absolute atomic E-state index is 0.106. The van der Waals surface area contributed by atoms with E-state index in [-0.39, 0.29) is 10.8 Å². The van der Waals surface area contributed by atoms with Crippen molar-refractivity contribution in [1.29, 1.82) is 0 Å². The molecule has 2 unspecified atom stereocenters. The zero-order chi connectivity index (χ0) is 6.69. The van der Waals surface area contributed by atoms with Crippen molar-refractivity contribution in [3.8, 4) is 0 Å². The molecule has 0 aromatic heterocycles. The van der Waals surface area contributed by atoms with Crippen LogP contribution in [0.25, 0.3) is 0 Å². The molecule has 1 aliphatic carbocycles. The molecule has 0 aromatic carbocycles. The summed E-state index contributed by atoms with van der Waals surface area (Å²) in [5.74, 6) is 0. The van der Waals surface area contributed by atoms with Gasteiger partial charge in [0, 0.05) is 0 Å². The van der Waals surface area contributed by atoms with Crippen LogP contribution < -0.4 is 0 Å². The smallest absolute Gasteiger partial charge is 0.0531 e. The molecule has 2 atom stereocenters. The first-order chi connectivity index (χ1) is 4.30. The lowest BCUT2D eigenvalue weighted by molar-refractivity contribution is 0.709. The second-order valence-corrected chi connectivity index (χ2v) is 3.55. The first-order valence-corrected chi connectivity index (χ1v) is 4.29. The highest BCUT2D eigenvalue weighted by molar-refractivity contribution is 6.30. The number of rotatable bonds is 0. The molecule has 0 aromatic rings. The Morgan fingerprint density at radius 2 is 2.00 bits per heavy atom. The van der Waals surface area contributed by atoms with Gasteiger partial charge in [-0.3, -0.25) is 0 Å². The normalized spacial score (nSPS) is 38.0. The highest BCUT2D eigenvalue weighted by Gasteiger charge is 2.18. The van der Waals surface area contributed by atoms with Crippen LogP contribution in [0.1, 0.15) is 25.7 Å². The van der Waals surface area contributed by atoms with Crippen molar-refractivity contribution in [3.05, 3.63) is 6.42 Å². The molecule has 0 heterocycles. The summed E-state index contributed by atoms with van der Waals surface area (Å²) < 4.78 is 0. The molecule has 1 rings (SSSR count). The first-order valence-electron chi connectivity index (χ1n) is 3.42. The molecule has 1 saturated carbocycles. The molecule has 53 valence electrons. The van der Waals surface area contributed by atoms with E-state index in [2.05, 4.69) is 6.42 Å². The molecule has 0 bridgehead atoms. The van der Waals surface area contributed by atoms with E-state index in [0.29, 0.717) is 0 Å². The van der Waals surface area contributed by atoms with Gasteiger partial charge in [0.2, 0.25) is 0 Å². The fourth-order valence-corrected chi connectivity index (χ4v) is 1.58. The molecule has 0 nitrogen and oxygen atoms in total. The van der Waals surface area contributed by atoms with Crippen LogP contribution in [-0.2, 0) is 0 Å². The highest BCUT2D eigenvalue weighted by Crippen LogP contribution is 2.25. The number of hydrogen-bond acceptors (Lipinski definition) is 0. The van der Waals surface area contributed by atoms with Crippen molar-refractivity contribution < 1.29 is 0 Å². The number of halogens is 2. The SMILES string of the molecule is ClC1[CH]CCCCC1Cl. The van der Waals surface area contributed by atoms with E-state index < -0.39 is 0 Å². The maximum absolute atomic E-state index is 5.91. The molecule has 0 aliphatic heterocycles. The van der Waals surface area contributed by atoms with Crippen molar-refractivity contribution in [3.63, 3.8) is 0 Å². The summed E-state index contributed by atoms with van der Waals surface area (Å²) >= 11 is 11.8. The summed E-state index contributed by atoms with van der Waals surface area (Å²) in [6.45, 7) is 0. The summed E-state index contributed by atoms with van der Waals surface area (Å²) in [6.07, 6.45) is 6.82. The Morgan fingerprint density at radius 3 is 2.78 bits per heavy atom. The van der Waals surface area contributed by atoms with Gasteiger partial charge in [-0.05, 0) is 19.3 Å². The van der Waals surface area contributed by atoms with E-state index in [1.165, 1.54) is 12.8 Å². The molecule has 9 heavy (non-hydrogen) atoms. The molecule has 0 N–H and O–H groups in total. The van der Waals surface area contributed by atoms with Gasteiger partial charge in [0.15, 0.2) is 0 Å². The third-order valence-electron chi connectivity index (χ3n) is 1.67. The lowest BCUT2D eigenvalue weighted by Gasteiger charge is -2.09. The minimum atomic E-state index is 0.106. The predicted octanol–water partition coefficient (Wildman–Crippen LogP) is 2.98. The maximum atomic E-state index is 5.91. The Morgan fingerprint density at radius 1 is 1.22 bits per heavy atom. The van der Waals surface area contributed by atoms with Crippen molar-refractivity contribution in [2.45, 2.75) is 36.4 Å². The van der Waals surface area contributed by atoms with Crippen LogP contribution in [0.3, 0.4) is 0 Å². The van der Waals surface area contributed by atoms with E-state index in [1.807, 2.05) is 0 Å². The molecule has 1 radical (unpaired) electrons. The Hall–Kier alpha value is 0.580. The standard InChI is InChI=1S/C7H11Cl2/c8-6-4-2-1-3-5-7(6)9/h4,6-7H,1-3,5H2. The van der Waals surface area contributed by atoms with Crippen molar-refractivity contribution in [2.75, 3.05) is 0 Å². The highest BCUT2D eigenvalue weighted by atomic mass is 35.5. The summed E-state index contributed by atoms with van der Waals surface area (Å²) in [7, 11) is 0. The number of alkyl halides is 2. The van der Waals surface area contributed by atoms with Crippen LogP contribution >= 0.6 is 23.2 Å². The summed E-state index contributed by atoms with van der Waals surface area (Å²) in [6, 6.07) is 0. The number of hydrogen-bond donors (Lipinski definition) is 0. The Labute approximate surface area is 66.5 Å². The van der Waals surface area contributed by atoms with Gasteiger partial charge in [0.25, 0.3) is 0 Å². The van der Waals surface area contributed by atoms with Crippen LogP contribution in [0.4, 0.5) is 0 Å². The minimum Gasteiger partial charge on any atom is -0.121 e. The van der Waals surface area contributed by atoms with E-state index >= 15 is 0 Å². The predicted molar refractivity (Wildman–Crippen MR) is 42.1 cm³/mol. The largest absolute Gasteiger partial charge is 0.121 e. The third-order valence-corrected chi connectivity index (χ3v) is 2.77. The van der Waals surface area contributed by atoms with Gasteiger partial charge in [-0.2, -0.15) is 0 Å². The summed E-state index contributed by atoms with van der Waals surface area (Å²) in [4.78, 5) is 0.